The van der Waals surface area contributed by atoms with Crippen molar-refractivity contribution in [3.8, 4) is 0 Å². The summed E-state index contributed by atoms with van der Waals surface area (Å²) >= 11 is 0. The van der Waals surface area contributed by atoms with Crippen LogP contribution < -0.4 is 11.1 Å². The highest BCUT2D eigenvalue weighted by molar-refractivity contribution is 5.67. The molecule has 0 saturated carbocycles. The van der Waals surface area contributed by atoms with Gasteiger partial charge in [-0.15, -0.1) is 0 Å². The molecule has 0 radical (unpaired) electrons. The van der Waals surface area contributed by atoms with Gasteiger partial charge in [0.1, 0.15) is 5.60 Å². The van der Waals surface area contributed by atoms with Crippen molar-refractivity contribution in [1.29, 1.82) is 0 Å². The summed E-state index contributed by atoms with van der Waals surface area (Å²) in [6.45, 7) is 6.03. The van der Waals surface area contributed by atoms with Crippen LogP contribution in [0.2, 0.25) is 0 Å². The normalized spacial score (nSPS) is 11.3. The monoisotopic (exact) mass is 242 g/mol. The number of ether oxygens (including phenoxy) is 1. The molecule has 0 atom stereocenters. The van der Waals surface area contributed by atoms with E-state index >= 15 is 0 Å². The van der Waals surface area contributed by atoms with Gasteiger partial charge in [-0.1, -0.05) is 5.16 Å². The van der Waals surface area contributed by atoms with Crippen molar-refractivity contribution in [2.75, 3.05) is 6.54 Å². The van der Waals surface area contributed by atoms with Crippen LogP contribution in [-0.2, 0) is 17.7 Å². The molecule has 7 heteroatoms. The fourth-order valence-corrected chi connectivity index (χ4v) is 1.06. The highest BCUT2D eigenvalue weighted by Gasteiger charge is 2.15. The quantitative estimate of drug-likeness (QED) is 0.801. The minimum absolute atomic E-state index is 0.239. The molecule has 1 aromatic heterocycles. The van der Waals surface area contributed by atoms with Crippen molar-refractivity contribution in [1.82, 2.24) is 15.5 Å². The average Bonchev–Trinajstić information content (AvgIpc) is 2.63. The van der Waals surface area contributed by atoms with E-state index in [1.165, 1.54) is 0 Å². The predicted octanol–water partition coefficient (Wildman–Crippen LogP) is 0.596. The lowest BCUT2D eigenvalue weighted by Gasteiger charge is -2.19. The molecule has 0 fully saturated rings. The molecule has 7 nitrogen and oxygen atoms in total. The molecule has 1 amide bonds. The summed E-state index contributed by atoms with van der Waals surface area (Å²) < 4.78 is 9.97. The van der Waals surface area contributed by atoms with Crippen LogP contribution in [0.15, 0.2) is 4.52 Å². The Morgan fingerprint density at radius 1 is 1.53 bits per heavy atom. The molecule has 0 aliphatic carbocycles. The van der Waals surface area contributed by atoms with E-state index in [1.807, 2.05) is 0 Å². The molecule has 96 valence electrons. The minimum Gasteiger partial charge on any atom is -0.444 e. The van der Waals surface area contributed by atoms with E-state index in [2.05, 4.69) is 15.5 Å². The van der Waals surface area contributed by atoms with Gasteiger partial charge in [0, 0.05) is 13.0 Å². The molecule has 0 aromatic carbocycles. The molecule has 0 bridgehead atoms. The van der Waals surface area contributed by atoms with Gasteiger partial charge in [0.25, 0.3) is 0 Å². The number of alkyl carbamates (subject to hydrolysis) is 1. The van der Waals surface area contributed by atoms with Gasteiger partial charge in [-0.25, -0.2) is 4.79 Å². The number of carbonyl (C=O) groups excluding carboxylic acids is 1. The summed E-state index contributed by atoms with van der Waals surface area (Å²) in [5.41, 5.74) is 4.84. The first-order chi connectivity index (χ1) is 7.90. The smallest absolute Gasteiger partial charge is 0.407 e. The third-order valence-corrected chi connectivity index (χ3v) is 1.70. The second-order valence-corrected chi connectivity index (χ2v) is 4.49. The van der Waals surface area contributed by atoms with E-state index < -0.39 is 11.7 Å². The van der Waals surface area contributed by atoms with Gasteiger partial charge < -0.3 is 20.3 Å². The van der Waals surface area contributed by atoms with Gasteiger partial charge in [0.2, 0.25) is 5.89 Å². The molecule has 0 aliphatic rings. The van der Waals surface area contributed by atoms with Gasteiger partial charge >= 0.3 is 6.09 Å². The molecular formula is C10H18N4O3. The Balaban J connectivity index is 2.26. The molecule has 0 spiro atoms. The third kappa shape index (κ3) is 5.30. The summed E-state index contributed by atoms with van der Waals surface area (Å²) in [7, 11) is 0. The summed E-state index contributed by atoms with van der Waals surface area (Å²) in [6, 6.07) is 0. The van der Waals surface area contributed by atoms with Crippen molar-refractivity contribution in [2.45, 2.75) is 39.3 Å². The van der Waals surface area contributed by atoms with Crippen LogP contribution in [0.5, 0.6) is 0 Å². The third-order valence-electron chi connectivity index (χ3n) is 1.70. The number of hydrogen-bond acceptors (Lipinski definition) is 6. The molecule has 17 heavy (non-hydrogen) atoms. The Labute approximate surface area is 99.7 Å². The molecule has 0 saturated heterocycles. The molecule has 1 rings (SSSR count). The Hall–Kier alpha value is -1.63. The Morgan fingerprint density at radius 3 is 2.76 bits per heavy atom. The summed E-state index contributed by atoms with van der Waals surface area (Å²) in [4.78, 5) is 15.3. The van der Waals surface area contributed by atoms with E-state index in [4.69, 9.17) is 15.0 Å². The number of hydrogen-bond donors (Lipinski definition) is 2. The maximum atomic E-state index is 11.3. The zero-order chi connectivity index (χ0) is 12.9. The summed E-state index contributed by atoms with van der Waals surface area (Å²) in [5.74, 6) is 0.902. The number of nitrogens with one attached hydrogen (secondary N) is 1. The molecule has 1 aromatic rings. The van der Waals surface area contributed by atoms with Crippen LogP contribution >= 0.6 is 0 Å². The zero-order valence-electron chi connectivity index (χ0n) is 10.3. The highest BCUT2D eigenvalue weighted by atomic mass is 16.6. The fourth-order valence-electron chi connectivity index (χ4n) is 1.06. The minimum atomic E-state index is -0.499. The first-order valence-electron chi connectivity index (χ1n) is 5.39. The number of carbonyl (C=O) groups is 1. The second-order valence-electron chi connectivity index (χ2n) is 4.49. The van der Waals surface area contributed by atoms with E-state index in [0.29, 0.717) is 24.7 Å². The molecule has 1 heterocycles. The van der Waals surface area contributed by atoms with Crippen LogP contribution in [0.4, 0.5) is 4.79 Å². The standard InChI is InChI=1S/C10H18N4O3/c1-10(2,3)16-9(15)12-5-4-8-13-7(6-11)14-17-8/h4-6,11H2,1-3H3,(H,12,15). The van der Waals surface area contributed by atoms with Crippen molar-refractivity contribution in [3.63, 3.8) is 0 Å². The number of nitrogens with two attached hydrogens (primary N) is 1. The SMILES string of the molecule is CC(C)(C)OC(=O)NCCc1nc(CN)no1. The average molecular weight is 242 g/mol. The van der Waals surface area contributed by atoms with Gasteiger partial charge in [0.05, 0.1) is 6.54 Å². The van der Waals surface area contributed by atoms with Gasteiger partial charge in [-0.2, -0.15) is 4.98 Å². The lowest BCUT2D eigenvalue weighted by atomic mass is 10.2. The zero-order valence-corrected chi connectivity index (χ0v) is 10.3. The van der Waals surface area contributed by atoms with Crippen LogP contribution in [0.3, 0.4) is 0 Å². The maximum Gasteiger partial charge on any atom is 0.407 e. The molecule has 0 unspecified atom stereocenters. The van der Waals surface area contributed by atoms with Crippen molar-refractivity contribution < 1.29 is 14.1 Å². The molecule has 0 aliphatic heterocycles. The lowest BCUT2D eigenvalue weighted by molar-refractivity contribution is 0.0527. The number of rotatable bonds is 4. The van der Waals surface area contributed by atoms with Gasteiger partial charge in [-0.05, 0) is 20.8 Å². The van der Waals surface area contributed by atoms with Crippen LogP contribution in [0.25, 0.3) is 0 Å². The van der Waals surface area contributed by atoms with E-state index in [9.17, 15) is 4.79 Å². The Morgan fingerprint density at radius 2 is 2.24 bits per heavy atom. The number of amides is 1. The van der Waals surface area contributed by atoms with Crippen molar-refractivity contribution in [3.05, 3.63) is 11.7 Å². The fraction of sp³-hybridized carbons (Fsp3) is 0.700. The lowest BCUT2D eigenvalue weighted by Crippen LogP contribution is -2.33. The summed E-state index contributed by atoms with van der Waals surface area (Å²) in [6.07, 6.45) is -0.0113. The van der Waals surface area contributed by atoms with E-state index in [-0.39, 0.29) is 6.54 Å². The predicted molar refractivity (Wildman–Crippen MR) is 60.1 cm³/mol. The molecular weight excluding hydrogens is 224 g/mol. The first-order valence-corrected chi connectivity index (χ1v) is 5.39. The maximum absolute atomic E-state index is 11.3. The molecule has 3 N–H and O–H groups in total. The van der Waals surface area contributed by atoms with Crippen molar-refractivity contribution >= 4 is 6.09 Å². The van der Waals surface area contributed by atoms with Gasteiger partial charge in [-0.3, -0.25) is 0 Å². The van der Waals surface area contributed by atoms with E-state index in [0.717, 1.165) is 0 Å². The van der Waals surface area contributed by atoms with Crippen molar-refractivity contribution in [2.24, 2.45) is 5.73 Å². The number of aromatic nitrogens is 2. The van der Waals surface area contributed by atoms with E-state index in [1.54, 1.807) is 20.8 Å². The topological polar surface area (TPSA) is 103 Å². The summed E-state index contributed by atoms with van der Waals surface area (Å²) in [5, 5.41) is 6.23. The second kappa shape index (κ2) is 5.62. The van der Waals surface area contributed by atoms with Crippen LogP contribution in [0.1, 0.15) is 32.5 Å². The first kappa shape index (κ1) is 13.4. The Kier molecular flexibility index (Phi) is 4.45. The Bertz CT molecular complexity index is 370. The number of nitrogens with zero attached hydrogens (tertiary/aromatic N) is 2. The largest absolute Gasteiger partial charge is 0.444 e. The van der Waals surface area contributed by atoms with Gasteiger partial charge in [0.15, 0.2) is 5.82 Å². The van der Waals surface area contributed by atoms with Crippen LogP contribution in [0, 0.1) is 0 Å². The van der Waals surface area contributed by atoms with Crippen LogP contribution in [-0.4, -0.2) is 28.4 Å². The highest BCUT2D eigenvalue weighted by Crippen LogP contribution is 2.06.